The Labute approximate surface area is 166 Å². The first kappa shape index (κ1) is 19.7. The molecule has 2 aromatic rings. The molecule has 1 atom stereocenters. The van der Waals surface area contributed by atoms with Gasteiger partial charge in [-0.15, -0.1) is 11.3 Å². The van der Waals surface area contributed by atoms with E-state index < -0.39 is 0 Å². The lowest BCUT2D eigenvalue weighted by molar-refractivity contribution is 0.468. The molecule has 1 aromatic heterocycles. The smallest absolute Gasteiger partial charge is 0.191 e. The Morgan fingerprint density at radius 1 is 1.33 bits per heavy atom. The number of benzene rings is 1. The Balaban J connectivity index is 1.47. The summed E-state index contributed by atoms with van der Waals surface area (Å²) >= 11 is 1.81. The summed E-state index contributed by atoms with van der Waals surface area (Å²) in [7, 11) is 1.84. The zero-order chi connectivity index (χ0) is 19.1. The van der Waals surface area contributed by atoms with E-state index in [1.54, 1.807) is 0 Å². The van der Waals surface area contributed by atoms with E-state index in [0.717, 1.165) is 38.4 Å². The first-order valence-electron chi connectivity index (χ1n) is 9.90. The number of guanidine groups is 1. The summed E-state index contributed by atoms with van der Waals surface area (Å²) in [6.07, 6.45) is 6.37. The molecule has 6 heteroatoms. The largest absolute Gasteiger partial charge is 0.369 e. The molecule has 0 radical (unpaired) electrons. The monoisotopic (exact) mass is 385 g/mol. The summed E-state index contributed by atoms with van der Waals surface area (Å²) in [5.74, 6) is 0.887. The van der Waals surface area contributed by atoms with E-state index in [-0.39, 0.29) is 0 Å². The van der Waals surface area contributed by atoms with Gasteiger partial charge in [-0.25, -0.2) is 4.98 Å². The maximum Gasteiger partial charge on any atom is 0.191 e. The number of thiazole rings is 1. The van der Waals surface area contributed by atoms with Crippen molar-refractivity contribution in [2.45, 2.75) is 45.6 Å². The molecular formula is C21H31N5S. The van der Waals surface area contributed by atoms with Gasteiger partial charge < -0.3 is 15.5 Å². The molecule has 0 amide bonds. The van der Waals surface area contributed by atoms with Crippen molar-refractivity contribution in [1.29, 1.82) is 0 Å². The van der Waals surface area contributed by atoms with Crippen LogP contribution >= 0.6 is 11.3 Å². The lowest BCUT2D eigenvalue weighted by Crippen LogP contribution is -2.51. The maximum atomic E-state index is 4.49. The molecule has 1 fully saturated rings. The molecule has 2 N–H and O–H groups in total. The average Bonchev–Trinajstić information content (AvgIpc) is 3.16. The molecule has 146 valence electrons. The number of nitrogens with zero attached hydrogens (tertiary/aromatic N) is 3. The molecule has 27 heavy (non-hydrogen) atoms. The molecule has 1 aliphatic rings. The lowest BCUT2D eigenvalue weighted by Gasteiger charge is -2.35. The first-order chi connectivity index (χ1) is 13.2. The quantitative estimate of drug-likeness (QED) is 0.591. The van der Waals surface area contributed by atoms with Crippen molar-refractivity contribution < 1.29 is 0 Å². The minimum Gasteiger partial charge on any atom is -0.369 e. The highest BCUT2D eigenvalue weighted by molar-refractivity contribution is 7.11. The molecule has 1 saturated heterocycles. The van der Waals surface area contributed by atoms with Gasteiger partial charge in [-0.05, 0) is 38.3 Å². The number of anilines is 1. The van der Waals surface area contributed by atoms with Crippen LogP contribution in [0.5, 0.6) is 0 Å². The van der Waals surface area contributed by atoms with Crippen molar-refractivity contribution in [3.63, 3.8) is 0 Å². The summed E-state index contributed by atoms with van der Waals surface area (Å²) in [6.45, 7) is 7.29. The van der Waals surface area contributed by atoms with Crippen molar-refractivity contribution in [3.05, 3.63) is 45.9 Å². The van der Waals surface area contributed by atoms with Crippen LogP contribution in [-0.4, -0.2) is 43.7 Å². The summed E-state index contributed by atoms with van der Waals surface area (Å²) in [5, 5.41) is 8.23. The third-order valence-electron chi connectivity index (χ3n) is 4.97. The van der Waals surface area contributed by atoms with Gasteiger partial charge in [0, 0.05) is 55.9 Å². The summed E-state index contributed by atoms with van der Waals surface area (Å²) in [4.78, 5) is 12.7. The Hall–Kier alpha value is -2.08. The number of rotatable bonds is 6. The number of piperidine rings is 1. The van der Waals surface area contributed by atoms with Crippen LogP contribution in [0.3, 0.4) is 0 Å². The third-order valence-corrected chi connectivity index (χ3v) is 6.17. The molecule has 5 nitrogen and oxygen atoms in total. The molecule has 0 aliphatic carbocycles. The molecule has 0 saturated carbocycles. The van der Waals surface area contributed by atoms with Gasteiger partial charge in [0.15, 0.2) is 5.96 Å². The van der Waals surface area contributed by atoms with Crippen LogP contribution in [0.2, 0.25) is 0 Å². The normalized spacial score (nSPS) is 17.8. The highest BCUT2D eigenvalue weighted by atomic mass is 32.1. The van der Waals surface area contributed by atoms with Gasteiger partial charge in [-0.1, -0.05) is 24.6 Å². The van der Waals surface area contributed by atoms with Crippen molar-refractivity contribution in [1.82, 2.24) is 15.6 Å². The van der Waals surface area contributed by atoms with Gasteiger partial charge in [-0.2, -0.15) is 0 Å². The number of aromatic nitrogens is 1. The van der Waals surface area contributed by atoms with Crippen molar-refractivity contribution >= 4 is 23.0 Å². The van der Waals surface area contributed by atoms with Gasteiger partial charge >= 0.3 is 0 Å². The molecule has 0 spiro atoms. The lowest BCUT2D eigenvalue weighted by atomic mass is 10.0. The van der Waals surface area contributed by atoms with Crippen LogP contribution in [-0.2, 0) is 12.8 Å². The van der Waals surface area contributed by atoms with E-state index in [1.165, 1.54) is 34.0 Å². The van der Waals surface area contributed by atoms with Crippen molar-refractivity contribution in [2.24, 2.45) is 4.99 Å². The second-order valence-corrected chi connectivity index (χ2v) is 8.29. The van der Waals surface area contributed by atoms with Gasteiger partial charge in [-0.3, -0.25) is 4.99 Å². The van der Waals surface area contributed by atoms with Crippen LogP contribution in [0, 0.1) is 6.92 Å². The van der Waals surface area contributed by atoms with E-state index in [0.29, 0.717) is 6.04 Å². The van der Waals surface area contributed by atoms with E-state index in [2.05, 4.69) is 63.6 Å². The third kappa shape index (κ3) is 5.70. The van der Waals surface area contributed by atoms with Crippen LogP contribution in [0.25, 0.3) is 0 Å². The number of hydrogen-bond donors (Lipinski definition) is 2. The van der Waals surface area contributed by atoms with Crippen LogP contribution in [0.15, 0.2) is 35.5 Å². The second-order valence-electron chi connectivity index (χ2n) is 7.09. The Bertz CT molecular complexity index is 737. The molecule has 2 heterocycles. The summed E-state index contributed by atoms with van der Waals surface area (Å²) in [6, 6.07) is 9.25. The van der Waals surface area contributed by atoms with Crippen molar-refractivity contribution in [3.8, 4) is 0 Å². The fourth-order valence-corrected chi connectivity index (χ4v) is 4.25. The van der Waals surface area contributed by atoms with Gasteiger partial charge in [0.25, 0.3) is 0 Å². The Kier molecular flexibility index (Phi) is 7.10. The predicted octanol–water partition coefficient (Wildman–Crippen LogP) is 3.39. The average molecular weight is 386 g/mol. The SMILES string of the molecule is CCc1cnc(CCNC(=NC)NC2CCCN(c3ccc(C)cc3)C2)s1. The van der Waals surface area contributed by atoms with Crippen molar-refractivity contribution in [2.75, 3.05) is 31.6 Å². The second kappa shape index (κ2) is 9.74. The Morgan fingerprint density at radius 2 is 2.15 bits per heavy atom. The standard InChI is InChI=1S/C21H31N5S/c1-4-19-14-24-20(27-19)11-12-23-21(22-3)25-17-6-5-13-26(15-17)18-9-7-16(2)8-10-18/h7-10,14,17H,4-6,11-13,15H2,1-3H3,(H2,22,23,25). The van der Waals surface area contributed by atoms with Gasteiger partial charge in [0.2, 0.25) is 0 Å². The zero-order valence-electron chi connectivity index (χ0n) is 16.7. The number of aryl methyl sites for hydroxylation is 2. The Morgan fingerprint density at radius 3 is 2.85 bits per heavy atom. The van der Waals surface area contributed by atoms with E-state index in [4.69, 9.17) is 0 Å². The molecule has 1 aromatic carbocycles. The maximum absolute atomic E-state index is 4.49. The van der Waals surface area contributed by atoms with E-state index in [1.807, 2.05) is 24.6 Å². The molecule has 3 rings (SSSR count). The predicted molar refractivity (Wildman–Crippen MR) is 116 cm³/mol. The number of hydrogen-bond acceptors (Lipinski definition) is 4. The molecule has 1 unspecified atom stereocenters. The number of nitrogens with one attached hydrogen (secondary N) is 2. The van der Waals surface area contributed by atoms with Crippen LogP contribution < -0.4 is 15.5 Å². The van der Waals surface area contributed by atoms with Gasteiger partial charge in [0.1, 0.15) is 0 Å². The fraction of sp³-hybridized carbons (Fsp3) is 0.524. The highest BCUT2D eigenvalue weighted by Gasteiger charge is 2.21. The minimum absolute atomic E-state index is 0.415. The summed E-state index contributed by atoms with van der Waals surface area (Å²) in [5.41, 5.74) is 2.62. The zero-order valence-corrected chi connectivity index (χ0v) is 17.5. The van der Waals surface area contributed by atoms with Crippen LogP contribution in [0.1, 0.15) is 35.2 Å². The molecular weight excluding hydrogens is 354 g/mol. The minimum atomic E-state index is 0.415. The topological polar surface area (TPSA) is 52.6 Å². The molecule has 1 aliphatic heterocycles. The summed E-state index contributed by atoms with van der Waals surface area (Å²) < 4.78 is 0. The highest BCUT2D eigenvalue weighted by Crippen LogP contribution is 2.20. The van der Waals surface area contributed by atoms with Crippen LogP contribution in [0.4, 0.5) is 5.69 Å². The molecule has 0 bridgehead atoms. The fourth-order valence-electron chi connectivity index (χ4n) is 3.39. The number of aliphatic imine (C=N–C) groups is 1. The van der Waals surface area contributed by atoms with E-state index in [9.17, 15) is 0 Å². The first-order valence-corrected chi connectivity index (χ1v) is 10.7. The van der Waals surface area contributed by atoms with E-state index >= 15 is 0 Å². The van der Waals surface area contributed by atoms with Gasteiger partial charge in [0.05, 0.1) is 5.01 Å².